The zero-order valence-electron chi connectivity index (χ0n) is 6.79. The van der Waals surface area contributed by atoms with Gasteiger partial charge in [0.15, 0.2) is 0 Å². The molecule has 1 heterocycles. The average Bonchev–Trinajstić information content (AvgIpc) is 2.31. The fraction of sp³-hybridized carbons (Fsp3) is 0.286. The smallest absolute Gasteiger partial charge is 0.0818 e. The highest BCUT2D eigenvalue weighted by Gasteiger charge is 2.00. The minimum Gasteiger partial charge on any atom is -0.403 e. The second-order valence-corrected chi connectivity index (χ2v) is 3.36. The molecule has 5 heteroatoms. The largest absolute Gasteiger partial charge is 0.403 e. The minimum absolute atomic E-state index is 0.531. The van der Waals surface area contributed by atoms with Crippen LogP contribution in [0.25, 0.3) is 0 Å². The maximum absolute atomic E-state index is 5.52. The maximum atomic E-state index is 5.52. The van der Waals surface area contributed by atoms with Crippen LogP contribution in [0.5, 0.6) is 0 Å². The minimum atomic E-state index is 0.531. The molecule has 0 aliphatic heterocycles. The van der Waals surface area contributed by atoms with Crippen LogP contribution < -0.4 is 11.5 Å². The molecule has 0 fully saturated rings. The van der Waals surface area contributed by atoms with Crippen molar-refractivity contribution in [2.75, 3.05) is 0 Å². The fourth-order valence-corrected chi connectivity index (χ4v) is 1.13. The van der Waals surface area contributed by atoms with E-state index in [1.807, 2.05) is 13.1 Å². The van der Waals surface area contributed by atoms with Crippen LogP contribution in [0.2, 0.25) is 0 Å². The zero-order chi connectivity index (χ0) is 9.14. The van der Waals surface area contributed by atoms with Crippen molar-refractivity contribution in [2.45, 2.75) is 13.5 Å². The van der Waals surface area contributed by atoms with Crippen molar-refractivity contribution in [3.05, 3.63) is 28.3 Å². The quantitative estimate of drug-likeness (QED) is 0.787. The molecule has 0 aliphatic carbocycles. The molecule has 0 aromatic carbocycles. The molecule has 0 bridgehead atoms. The summed E-state index contributed by atoms with van der Waals surface area (Å²) in [6.45, 7) is 2.45. The third-order valence-electron chi connectivity index (χ3n) is 1.45. The predicted octanol–water partition coefficient (Wildman–Crippen LogP) is 0.713. The molecule has 0 aliphatic rings. The highest BCUT2D eigenvalue weighted by atomic mass is 79.9. The summed E-state index contributed by atoms with van der Waals surface area (Å²) in [5, 5.41) is 4.19. The molecule has 12 heavy (non-hydrogen) atoms. The number of rotatable bonds is 2. The Morgan fingerprint density at radius 3 is 2.92 bits per heavy atom. The van der Waals surface area contributed by atoms with Crippen molar-refractivity contribution in [1.82, 2.24) is 9.78 Å². The Hall–Kier alpha value is -0.970. The lowest BCUT2D eigenvalue weighted by Crippen LogP contribution is -2.10. The molecule has 0 spiro atoms. The van der Waals surface area contributed by atoms with Crippen molar-refractivity contribution in [2.24, 2.45) is 11.5 Å². The van der Waals surface area contributed by atoms with Gasteiger partial charge in [-0.2, -0.15) is 5.10 Å². The Morgan fingerprint density at radius 1 is 1.83 bits per heavy atom. The number of nitrogens with zero attached hydrogens (tertiary/aromatic N) is 2. The summed E-state index contributed by atoms with van der Waals surface area (Å²) in [5.74, 6) is 0. The first-order valence-electron chi connectivity index (χ1n) is 3.49. The van der Waals surface area contributed by atoms with E-state index < -0.39 is 0 Å². The van der Waals surface area contributed by atoms with E-state index in [1.54, 1.807) is 4.68 Å². The summed E-state index contributed by atoms with van der Waals surface area (Å²) in [6.07, 6.45) is 3.25. The molecule has 0 saturated heterocycles. The average molecular weight is 231 g/mol. The topological polar surface area (TPSA) is 69.9 Å². The Labute approximate surface area is 79.4 Å². The van der Waals surface area contributed by atoms with E-state index in [0.29, 0.717) is 12.2 Å². The van der Waals surface area contributed by atoms with Crippen molar-refractivity contribution in [3.63, 3.8) is 0 Å². The van der Waals surface area contributed by atoms with E-state index in [9.17, 15) is 0 Å². The number of nitrogens with two attached hydrogens (primary N) is 2. The van der Waals surface area contributed by atoms with Crippen LogP contribution >= 0.6 is 15.9 Å². The van der Waals surface area contributed by atoms with Gasteiger partial charge in [-0.05, 0) is 22.9 Å². The molecule has 66 valence electrons. The van der Waals surface area contributed by atoms with E-state index in [0.717, 1.165) is 10.2 Å². The molecule has 0 saturated carbocycles. The molecule has 4 nitrogen and oxygen atoms in total. The van der Waals surface area contributed by atoms with Crippen LogP contribution in [0.15, 0.2) is 22.6 Å². The van der Waals surface area contributed by atoms with Gasteiger partial charge in [-0.15, -0.1) is 0 Å². The Kier molecular flexibility index (Phi) is 2.75. The molecule has 0 atom stereocenters. The molecule has 0 amide bonds. The lowest BCUT2D eigenvalue weighted by atomic mass is 10.5. The van der Waals surface area contributed by atoms with Gasteiger partial charge in [0.25, 0.3) is 0 Å². The highest BCUT2D eigenvalue weighted by Crippen LogP contribution is 2.13. The maximum Gasteiger partial charge on any atom is 0.0818 e. The fourth-order valence-electron chi connectivity index (χ4n) is 0.814. The van der Waals surface area contributed by atoms with Crippen molar-refractivity contribution >= 4 is 15.9 Å². The second-order valence-electron chi connectivity index (χ2n) is 2.50. The number of allylic oxidation sites excluding steroid dienone is 1. The van der Waals surface area contributed by atoms with Crippen LogP contribution in [-0.2, 0) is 6.54 Å². The Balaban J connectivity index is 2.77. The van der Waals surface area contributed by atoms with E-state index in [4.69, 9.17) is 11.5 Å². The van der Waals surface area contributed by atoms with Crippen molar-refractivity contribution in [3.8, 4) is 0 Å². The molecule has 1 aromatic heterocycles. The SMILES string of the molecule is Cc1nn(C/C(N)=C/N)cc1Br. The van der Waals surface area contributed by atoms with Crippen LogP contribution in [0.3, 0.4) is 0 Å². The summed E-state index contributed by atoms with van der Waals surface area (Å²) in [6, 6.07) is 0. The van der Waals surface area contributed by atoms with E-state index in [-0.39, 0.29) is 0 Å². The lowest BCUT2D eigenvalue weighted by Gasteiger charge is -1.99. The van der Waals surface area contributed by atoms with Gasteiger partial charge in [-0.1, -0.05) is 0 Å². The van der Waals surface area contributed by atoms with Gasteiger partial charge in [0.05, 0.1) is 16.7 Å². The second kappa shape index (κ2) is 3.62. The number of aryl methyl sites for hydroxylation is 1. The predicted molar refractivity (Wildman–Crippen MR) is 51.1 cm³/mol. The molecule has 1 rings (SSSR count). The molecule has 0 unspecified atom stereocenters. The van der Waals surface area contributed by atoms with Gasteiger partial charge in [-0.25, -0.2) is 0 Å². The summed E-state index contributed by atoms with van der Waals surface area (Å²) in [5.41, 5.74) is 12.3. The van der Waals surface area contributed by atoms with Gasteiger partial charge in [0, 0.05) is 18.1 Å². The molecule has 0 radical (unpaired) electrons. The van der Waals surface area contributed by atoms with Crippen LogP contribution in [0.4, 0.5) is 0 Å². The summed E-state index contributed by atoms with van der Waals surface area (Å²) in [7, 11) is 0. The third kappa shape index (κ3) is 2.01. The number of halogens is 1. The van der Waals surface area contributed by atoms with Crippen LogP contribution in [0.1, 0.15) is 5.69 Å². The first-order chi connectivity index (χ1) is 5.63. The lowest BCUT2D eigenvalue weighted by molar-refractivity contribution is 0.664. The van der Waals surface area contributed by atoms with Gasteiger partial charge in [0.2, 0.25) is 0 Å². The number of aromatic nitrogens is 2. The van der Waals surface area contributed by atoms with Crippen molar-refractivity contribution < 1.29 is 0 Å². The first kappa shape index (κ1) is 9.12. The van der Waals surface area contributed by atoms with Crippen LogP contribution in [-0.4, -0.2) is 9.78 Å². The first-order valence-corrected chi connectivity index (χ1v) is 4.28. The van der Waals surface area contributed by atoms with E-state index in [2.05, 4.69) is 21.0 Å². The monoisotopic (exact) mass is 230 g/mol. The summed E-state index contributed by atoms with van der Waals surface area (Å²) < 4.78 is 2.71. The van der Waals surface area contributed by atoms with Gasteiger partial charge < -0.3 is 11.5 Å². The van der Waals surface area contributed by atoms with Gasteiger partial charge in [0.1, 0.15) is 0 Å². The molecule has 1 aromatic rings. The van der Waals surface area contributed by atoms with E-state index >= 15 is 0 Å². The molecular formula is C7H11BrN4. The van der Waals surface area contributed by atoms with Crippen molar-refractivity contribution in [1.29, 1.82) is 0 Å². The van der Waals surface area contributed by atoms with Gasteiger partial charge in [-0.3, -0.25) is 4.68 Å². The summed E-state index contributed by atoms with van der Waals surface area (Å²) in [4.78, 5) is 0. The van der Waals surface area contributed by atoms with E-state index in [1.165, 1.54) is 6.20 Å². The normalized spacial score (nSPS) is 12.0. The highest BCUT2D eigenvalue weighted by molar-refractivity contribution is 9.10. The molecular weight excluding hydrogens is 220 g/mol. The number of hydrogen-bond acceptors (Lipinski definition) is 3. The third-order valence-corrected chi connectivity index (χ3v) is 2.22. The Morgan fingerprint density at radius 2 is 2.50 bits per heavy atom. The molecule has 4 N–H and O–H groups in total. The standard InChI is InChI=1S/C7H11BrN4/c1-5-7(8)4-12(11-5)3-6(10)2-9/h2,4H,3,9-10H2,1H3/b6-2-. The Bertz CT molecular complexity index is 283. The van der Waals surface area contributed by atoms with Gasteiger partial charge >= 0.3 is 0 Å². The van der Waals surface area contributed by atoms with Crippen LogP contribution in [0, 0.1) is 6.92 Å². The number of hydrogen-bond donors (Lipinski definition) is 2. The summed E-state index contributed by atoms with van der Waals surface area (Å²) >= 11 is 3.35. The zero-order valence-corrected chi connectivity index (χ0v) is 8.37.